The first-order valence-corrected chi connectivity index (χ1v) is 3.74. The summed E-state index contributed by atoms with van der Waals surface area (Å²) in [5.41, 5.74) is 0. The SMILES string of the molecule is CCCCC/C=C/NC. The monoisotopic (exact) mass is 127 g/mol. The van der Waals surface area contributed by atoms with Crippen LogP contribution in [0.4, 0.5) is 0 Å². The lowest BCUT2D eigenvalue weighted by Crippen LogP contribution is -1.90. The van der Waals surface area contributed by atoms with Gasteiger partial charge in [0.15, 0.2) is 0 Å². The lowest BCUT2D eigenvalue weighted by molar-refractivity contribution is 0.727. The minimum absolute atomic E-state index is 1.22. The molecule has 0 aromatic heterocycles. The van der Waals surface area contributed by atoms with E-state index < -0.39 is 0 Å². The van der Waals surface area contributed by atoms with Crippen LogP contribution in [0.25, 0.3) is 0 Å². The van der Waals surface area contributed by atoms with Gasteiger partial charge in [0.25, 0.3) is 0 Å². The van der Waals surface area contributed by atoms with Crippen LogP contribution in [-0.2, 0) is 0 Å². The topological polar surface area (TPSA) is 12.0 Å². The lowest BCUT2D eigenvalue weighted by Gasteiger charge is -1.90. The van der Waals surface area contributed by atoms with Gasteiger partial charge in [0, 0.05) is 7.05 Å². The number of unbranched alkanes of at least 4 members (excludes halogenated alkanes) is 3. The summed E-state index contributed by atoms with van der Waals surface area (Å²) in [6, 6.07) is 0. The molecule has 0 atom stereocenters. The molecule has 0 radical (unpaired) electrons. The van der Waals surface area contributed by atoms with Crippen molar-refractivity contribution in [1.29, 1.82) is 0 Å². The zero-order valence-corrected chi connectivity index (χ0v) is 6.48. The molecular weight excluding hydrogens is 110 g/mol. The summed E-state index contributed by atoms with van der Waals surface area (Å²) in [7, 11) is 1.93. The van der Waals surface area contributed by atoms with Gasteiger partial charge in [-0.1, -0.05) is 25.8 Å². The van der Waals surface area contributed by atoms with E-state index in [1.165, 1.54) is 25.7 Å². The Kier molecular flexibility index (Phi) is 7.15. The minimum Gasteiger partial charge on any atom is -0.394 e. The molecule has 0 bridgehead atoms. The first-order valence-electron chi connectivity index (χ1n) is 3.74. The van der Waals surface area contributed by atoms with Crippen molar-refractivity contribution in [3.05, 3.63) is 12.3 Å². The zero-order valence-electron chi connectivity index (χ0n) is 6.48. The maximum atomic E-state index is 2.96. The van der Waals surface area contributed by atoms with Gasteiger partial charge in [0.2, 0.25) is 0 Å². The van der Waals surface area contributed by atoms with Crippen LogP contribution in [0, 0.1) is 0 Å². The fourth-order valence-electron chi connectivity index (χ4n) is 0.713. The zero-order chi connectivity index (χ0) is 6.95. The van der Waals surface area contributed by atoms with Crippen molar-refractivity contribution in [3.63, 3.8) is 0 Å². The van der Waals surface area contributed by atoms with Crippen LogP contribution >= 0.6 is 0 Å². The van der Waals surface area contributed by atoms with E-state index in [2.05, 4.69) is 18.3 Å². The second kappa shape index (κ2) is 7.54. The van der Waals surface area contributed by atoms with Gasteiger partial charge in [-0.15, -0.1) is 0 Å². The molecule has 0 saturated heterocycles. The molecule has 54 valence electrons. The molecular formula is C8H17N. The van der Waals surface area contributed by atoms with Crippen molar-refractivity contribution in [1.82, 2.24) is 5.32 Å². The van der Waals surface area contributed by atoms with Crippen molar-refractivity contribution < 1.29 is 0 Å². The van der Waals surface area contributed by atoms with Crippen LogP contribution in [0.3, 0.4) is 0 Å². The fraction of sp³-hybridized carbons (Fsp3) is 0.750. The van der Waals surface area contributed by atoms with Crippen molar-refractivity contribution in [3.8, 4) is 0 Å². The molecule has 1 N–H and O–H groups in total. The molecule has 0 spiro atoms. The minimum atomic E-state index is 1.22. The van der Waals surface area contributed by atoms with E-state index in [-0.39, 0.29) is 0 Å². The summed E-state index contributed by atoms with van der Waals surface area (Å²) >= 11 is 0. The molecule has 9 heavy (non-hydrogen) atoms. The van der Waals surface area contributed by atoms with E-state index in [9.17, 15) is 0 Å². The number of hydrogen-bond acceptors (Lipinski definition) is 1. The molecule has 1 nitrogen and oxygen atoms in total. The molecule has 0 rings (SSSR count). The molecule has 0 aliphatic rings. The van der Waals surface area contributed by atoms with Crippen molar-refractivity contribution in [2.75, 3.05) is 7.05 Å². The molecule has 0 unspecified atom stereocenters. The van der Waals surface area contributed by atoms with Gasteiger partial charge >= 0.3 is 0 Å². The first-order chi connectivity index (χ1) is 4.41. The maximum absolute atomic E-state index is 2.96. The Labute approximate surface area is 58.2 Å². The van der Waals surface area contributed by atoms with E-state index in [0.717, 1.165) is 0 Å². The highest BCUT2D eigenvalue weighted by Gasteiger charge is 1.79. The van der Waals surface area contributed by atoms with Crippen LogP contribution in [-0.4, -0.2) is 7.05 Å². The van der Waals surface area contributed by atoms with Crippen molar-refractivity contribution >= 4 is 0 Å². The smallest absolute Gasteiger partial charge is 0.00276 e. The van der Waals surface area contributed by atoms with Crippen LogP contribution in [0.1, 0.15) is 32.6 Å². The summed E-state index contributed by atoms with van der Waals surface area (Å²) in [5, 5.41) is 2.96. The van der Waals surface area contributed by atoms with Gasteiger partial charge in [-0.05, 0) is 19.0 Å². The standard InChI is InChI=1S/C8H17N/c1-3-4-5-6-7-8-9-2/h7-9H,3-6H2,1-2H3/b8-7+. The second-order valence-corrected chi connectivity index (χ2v) is 2.19. The summed E-state index contributed by atoms with van der Waals surface area (Å²) in [6.07, 6.45) is 9.39. The average Bonchev–Trinajstić information content (AvgIpc) is 1.89. The predicted molar refractivity (Wildman–Crippen MR) is 42.3 cm³/mol. The Morgan fingerprint density at radius 2 is 2.11 bits per heavy atom. The third kappa shape index (κ3) is 7.54. The third-order valence-corrected chi connectivity index (χ3v) is 1.26. The molecule has 0 aliphatic carbocycles. The third-order valence-electron chi connectivity index (χ3n) is 1.26. The van der Waals surface area contributed by atoms with E-state index in [1.807, 2.05) is 13.2 Å². The van der Waals surface area contributed by atoms with Crippen LogP contribution in [0.5, 0.6) is 0 Å². The summed E-state index contributed by atoms with van der Waals surface area (Å²) in [6.45, 7) is 2.22. The van der Waals surface area contributed by atoms with Gasteiger partial charge in [-0.25, -0.2) is 0 Å². The molecule has 0 aliphatic heterocycles. The van der Waals surface area contributed by atoms with Gasteiger partial charge in [-0.2, -0.15) is 0 Å². The van der Waals surface area contributed by atoms with Gasteiger partial charge in [0.05, 0.1) is 0 Å². The molecule has 0 aromatic rings. The molecule has 0 amide bonds. The van der Waals surface area contributed by atoms with Crippen LogP contribution in [0.2, 0.25) is 0 Å². The highest BCUT2D eigenvalue weighted by molar-refractivity contribution is 4.77. The average molecular weight is 127 g/mol. The molecule has 0 heterocycles. The Hall–Kier alpha value is -0.460. The molecule has 0 saturated carbocycles. The maximum Gasteiger partial charge on any atom is 0.00276 e. The van der Waals surface area contributed by atoms with Crippen molar-refractivity contribution in [2.24, 2.45) is 0 Å². The number of hydrogen-bond donors (Lipinski definition) is 1. The number of nitrogens with one attached hydrogen (secondary N) is 1. The first kappa shape index (κ1) is 8.54. The fourth-order valence-corrected chi connectivity index (χ4v) is 0.713. The Morgan fingerprint density at radius 1 is 1.33 bits per heavy atom. The summed E-state index contributed by atoms with van der Waals surface area (Å²) in [5.74, 6) is 0. The second-order valence-electron chi connectivity index (χ2n) is 2.19. The van der Waals surface area contributed by atoms with E-state index in [1.54, 1.807) is 0 Å². The Morgan fingerprint density at radius 3 is 2.67 bits per heavy atom. The number of rotatable bonds is 5. The molecule has 0 fully saturated rings. The highest BCUT2D eigenvalue weighted by Crippen LogP contribution is 1.98. The van der Waals surface area contributed by atoms with Crippen LogP contribution in [0.15, 0.2) is 12.3 Å². The van der Waals surface area contributed by atoms with Gasteiger partial charge in [0.1, 0.15) is 0 Å². The normalized spacial score (nSPS) is 10.4. The largest absolute Gasteiger partial charge is 0.394 e. The summed E-state index contributed by atoms with van der Waals surface area (Å²) < 4.78 is 0. The van der Waals surface area contributed by atoms with Crippen LogP contribution < -0.4 is 5.32 Å². The van der Waals surface area contributed by atoms with Gasteiger partial charge in [-0.3, -0.25) is 0 Å². The quantitative estimate of drug-likeness (QED) is 0.559. The van der Waals surface area contributed by atoms with Gasteiger partial charge < -0.3 is 5.32 Å². The summed E-state index contributed by atoms with van der Waals surface area (Å²) in [4.78, 5) is 0. The predicted octanol–water partition coefficient (Wildman–Crippen LogP) is 2.30. The van der Waals surface area contributed by atoms with Crippen molar-refractivity contribution in [2.45, 2.75) is 32.6 Å². The van der Waals surface area contributed by atoms with E-state index >= 15 is 0 Å². The lowest BCUT2D eigenvalue weighted by atomic mass is 10.2. The molecule has 0 aromatic carbocycles. The Balaban J connectivity index is 2.82. The Bertz CT molecular complexity index is 67.0. The highest BCUT2D eigenvalue weighted by atomic mass is 14.8. The van der Waals surface area contributed by atoms with E-state index in [0.29, 0.717) is 0 Å². The van der Waals surface area contributed by atoms with E-state index in [4.69, 9.17) is 0 Å². The molecule has 1 heteroatoms. The number of allylic oxidation sites excluding steroid dienone is 1.